The first-order chi connectivity index (χ1) is 37.2. The third kappa shape index (κ3) is 8.39. The Balaban J connectivity index is 0.873. The van der Waals surface area contributed by atoms with Crippen molar-refractivity contribution in [1.29, 1.82) is 0 Å². The summed E-state index contributed by atoms with van der Waals surface area (Å²) in [6.07, 6.45) is 0. The number of benzene rings is 12. The summed E-state index contributed by atoms with van der Waals surface area (Å²) in [7, 11) is 0. The molecule has 0 unspecified atom stereocenters. The molecule has 0 aliphatic heterocycles. The molecule has 0 aromatic heterocycles. The Morgan fingerprint density at radius 2 is 0.480 bits per heavy atom. The SMILES string of the molecule is c1ccc(-c2ccc(N(c3ccccc3)c3ccc(-c4cc(-c5ccccc5)cc(-c5ccc(N(c6ccccc6)c6ccc7c(c6)-c6ccccc6C7(c6ccccc6)c6ccccc6)cc5)c4)cc3)cc2)cc1. The highest BCUT2D eigenvalue weighted by atomic mass is 15.1. The van der Waals surface area contributed by atoms with Crippen molar-refractivity contribution in [3.8, 4) is 55.6 Å². The predicted molar refractivity (Wildman–Crippen MR) is 315 cm³/mol. The van der Waals surface area contributed by atoms with Gasteiger partial charge in [0.05, 0.1) is 5.41 Å². The maximum Gasteiger partial charge on any atom is 0.0713 e. The van der Waals surface area contributed by atoms with E-state index in [0.717, 1.165) is 56.4 Å². The van der Waals surface area contributed by atoms with Crippen LogP contribution >= 0.6 is 0 Å². The second kappa shape index (κ2) is 19.7. The third-order valence-corrected chi connectivity index (χ3v) is 14.9. The minimum Gasteiger partial charge on any atom is -0.311 e. The summed E-state index contributed by atoms with van der Waals surface area (Å²) in [5.74, 6) is 0. The predicted octanol–water partition coefficient (Wildman–Crippen LogP) is 19.7. The zero-order chi connectivity index (χ0) is 50.0. The van der Waals surface area contributed by atoms with E-state index in [-0.39, 0.29) is 0 Å². The molecule has 2 nitrogen and oxygen atoms in total. The van der Waals surface area contributed by atoms with Gasteiger partial charge >= 0.3 is 0 Å². The Morgan fingerprint density at radius 3 is 0.920 bits per heavy atom. The average Bonchev–Trinajstić information content (AvgIpc) is 3.82. The molecule has 12 aromatic rings. The molecule has 12 aromatic carbocycles. The van der Waals surface area contributed by atoms with Crippen molar-refractivity contribution in [3.05, 3.63) is 338 Å². The maximum atomic E-state index is 2.41. The molecule has 0 N–H and O–H groups in total. The first kappa shape index (κ1) is 45.1. The van der Waals surface area contributed by atoms with E-state index in [1.165, 1.54) is 55.6 Å². The van der Waals surface area contributed by atoms with Crippen LogP contribution in [0.5, 0.6) is 0 Å². The Hall–Kier alpha value is -9.76. The summed E-state index contributed by atoms with van der Waals surface area (Å²) in [6, 6.07) is 115. The lowest BCUT2D eigenvalue weighted by atomic mass is 9.68. The van der Waals surface area contributed by atoms with Crippen molar-refractivity contribution in [1.82, 2.24) is 0 Å². The van der Waals surface area contributed by atoms with Crippen LogP contribution in [0.15, 0.2) is 315 Å². The normalized spacial score (nSPS) is 12.1. The zero-order valence-corrected chi connectivity index (χ0v) is 41.4. The number of fused-ring (bicyclic) bond motifs is 3. The van der Waals surface area contributed by atoms with E-state index in [9.17, 15) is 0 Å². The van der Waals surface area contributed by atoms with E-state index < -0.39 is 5.41 Å². The summed E-state index contributed by atoms with van der Waals surface area (Å²) >= 11 is 0. The van der Waals surface area contributed by atoms with Crippen LogP contribution < -0.4 is 9.80 Å². The zero-order valence-electron chi connectivity index (χ0n) is 41.4. The second-order valence-corrected chi connectivity index (χ2v) is 19.3. The fourth-order valence-corrected chi connectivity index (χ4v) is 11.4. The van der Waals surface area contributed by atoms with Crippen LogP contribution in [0.3, 0.4) is 0 Å². The molecular formula is C73H52N2. The van der Waals surface area contributed by atoms with Crippen LogP contribution in [0.4, 0.5) is 34.1 Å². The van der Waals surface area contributed by atoms with Crippen molar-refractivity contribution in [2.24, 2.45) is 0 Å². The van der Waals surface area contributed by atoms with Gasteiger partial charge in [0.25, 0.3) is 0 Å². The molecule has 1 aliphatic rings. The summed E-state index contributed by atoms with van der Waals surface area (Å²) < 4.78 is 0. The van der Waals surface area contributed by atoms with Crippen LogP contribution in [0.25, 0.3) is 55.6 Å². The Kier molecular flexibility index (Phi) is 11.8. The molecule has 0 radical (unpaired) electrons. The van der Waals surface area contributed by atoms with Gasteiger partial charge in [-0.25, -0.2) is 0 Å². The lowest BCUT2D eigenvalue weighted by molar-refractivity contribution is 0.768. The van der Waals surface area contributed by atoms with Crippen molar-refractivity contribution < 1.29 is 0 Å². The lowest BCUT2D eigenvalue weighted by Gasteiger charge is -2.34. The molecule has 0 heterocycles. The molecule has 0 spiro atoms. The lowest BCUT2D eigenvalue weighted by Crippen LogP contribution is -2.28. The highest BCUT2D eigenvalue weighted by Gasteiger charge is 2.46. The summed E-state index contributed by atoms with van der Waals surface area (Å²) in [6.45, 7) is 0. The minimum absolute atomic E-state index is 0.459. The molecule has 354 valence electrons. The highest BCUT2D eigenvalue weighted by Crippen LogP contribution is 2.57. The molecule has 2 heteroatoms. The molecule has 13 rings (SSSR count). The van der Waals surface area contributed by atoms with Gasteiger partial charge in [0, 0.05) is 34.1 Å². The molecule has 1 aliphatic carbocycles. The van der Waals surface area contributed by atoms with Gasteiger partial charge in [-0.15, -0.1) is 0 Å². The van der Waals surface area contributed by atoms with E-state index in [1.807, 2.05) is 0 Å². The topological polar surface area (TPSA) is 6.48 Å². The summed E-state index contributed by atoms with van der Waals surface area (Å²) in [5.41, 5.74) is 23.1. The van der Waals surface area contributed by atoms with Crippen LogP contribution in [0.1, 0.15) is 22.3 Å². The Bertz CT molecular complexity index is 3840. The van der Waals surface area contributed by atoms with Gasteiger partial charge in [-0.2, -0.15) is 0 Å². The van der Waals surface area contributed by atoms with Crippen molar-refractivity contribution in [2.75, 3.05) is 9.80 Å². The molecule has 0 bridgehead atoms. The molecule has 0 atom stereocenters. The summed E-state index contributed by atoms with van der Waals surface area (Å²) in [4.78, 5) is 4.72. The van der Waals surface area contributed by atoms with Crippen LogP contribution in [-0.4, -0.2) is 0 Å². The number of nitrogens with zero attached hydrogens (tertiary/aromatic N) is 2. The van der Waals surface area contributed by atoms with E-state index in [0.29, 0.717) is 0 Å². The van der Waals surface area contributed by atoms with E-state index in [4.69, 9.17) is 0 Å². The largest absolute Gasteiger partial charge is 0.311 e. The fourth-order valence-electron chi connectivity index (χ4n) is 11.4. The van der Waals surface area contributed by atoms with Crippen LogP contribution in [0, 0.1) is 0 Å². The van der Waals surface area contributed by atoms with Gasteiger partial charge in [-0.3, -0.25) is 0 Å². The van der Waals surface area contributed by atoms with Crippen LogP contribution in [0.2, 0.25) is 0 Å². The molecule has 0 fully saturated rings. The molecular weight excluding hydrogens is 905 g/mol. The number of hydrogen-bond acceptors (Lipinski definition) is 2. The van der Waals surface area contributed by atoms with Crippen LogP contribution in [-0.2, 0) is 5.41 Å². The second-order valence-electron chi connectivity index (χ2n) is 19.3. The van der Waals surface area contributed by atoms with Crippen molar-refractivity contribution in [3.63, 3.8) is 0 Å². The van der Waals surface area contributed by atoms with E-state index in [1.54, 1.807) is 0 Å². The first-order valence-electron chi connectivity index (χ1n) is 25.8. The monoisotopic (exact) mass is 956 g/mol. The van der Waals surface area contributed by atoms with Gasteiger partial charge < -0.3 is 9.80 Å². The molecule has 0 saturated heterocycles. The average molecular weight is 957 g/mol. The fraction of sp³-hybridized carbons (Fsp3) is 0.0137. The number of hydrogen-bond donors (Lipinski definition) is 0. The number of rotatable bonds is 12. The summed E-state index contributed by atoms with van der Waals surface area (Å²) in [5, 5.41) is 0. The smallest absolute Gasteiger partial charge is 0.0713 e. The molecule has 0 saturated carbocycles. The van der Waals surface area contributed by atoms with Crippen molar-refractivity contribution >= 4 is 34.1 Å². The minimum atomic E-state index is -0.459. The van der Waals surface area contributed by atoms with Crippen molar-refractivity contribution in [2.45, 2.75) is 5.41 Å². The quantitative estimate of drug-likeness (QED) is 0.120. The third-order valence-electron chi connectivity index (χ3n) is 14.9. The van der Waals surface area contributed by atoms with E-state index in [2.05, 4.69) is 325 Å². The van der Waals surface area contributed by atoms with Gasteiger partial charge in [0.2, 0.25) is 0 Å². The number of anilines is 6. The van der Waals surface area contributed by atoms with Gasteiger partial charge in [-0.05, 0) is 169 Å². The molecule has 0 amide bonds. The number of para-hydroxylation sites is 2. The Morgan fingerprint density at radius 1 is 0.187 bits per heavy atom. The van der Waals surface area contributed by atoms with E-state index >= 15 is 0 Å². The Labute approximate surface area is 440 Å². The van der Waals surface area contributed by atoms with Gasteiger partial charge in [-0.1, -0.05) is 224 Å². The molecule has 75 heavy (non-hydrogen) atoms. The maximum absolute atomic E-state index is 2.41. The highest BCUT2D eigenvalue weighted by molar-refractivity contribution is 5.91. The standard InChI is InChI=1S/C73H52N2/c1-7-21-53(22-8-1)55-35-41-65(42-36-55)74(63-29-15-5-16-30-63)66-43-37-56(38-44-66)59-49-58(54-23-9-2-10-24-54)50-60(51-59)57-39-45-67(46-40-57)75(64-31-17-6-18-32-64)68-47-48-72-70(52-68)69-33-19-20-34-71(69)73(72,61-25-11-3-12-26-61)62-27-13-4-14-28-62/h1-52H. The van der Waals surface area contributed by atoms with Gasteiger partial charge in [0.1, 0.15) is 0 Å². The first-order valence-corrected chi connectivity index (χ1v) is 25.8. The van der Waals surface area contributed by atoms with Gasteiger partial charge in [0.15, 0.2) is 0 Å².